The Morgan fingerprint density at radius 3 is 1.50 bits per heavy atom. The standard InChI is InChI=1S/C39H30B5N3O/c40-31-29(32(41)34(43)35(44)33(31)42)22-19-17-21(18-20-22)25-13-8-16-28-30(25)26-14-7-15-27(36(26)48-28)39-46-37(23-9-3-1-4-10-23)45-38(47-39)24-11-5-2-6-12-24/h1-20H,40-44H2. The van der Waals surface area contributed by atoms with E-state index in [9.17, 15) is 0 Å². The van der Waals surface area contributed by atoms with Crippen molar-refractivity contribution in [2.45, 2.75) is 0 Å². The highest BCUT2D eigenvalue weighted by Gasteiger charge is 2.20. The van der Waals surface area contributed by atoms with E-state index >= 15 is 0 Å². The fourth-order valence-corrected chi connectivity index (χ4v) is 6.94. The van der Waals surface area contributed by atoms with Gasteiger partial charge in [-0.2, -0.15) is 0 Å². The minimum Gasteiger partial charge on any atom is -0.455 e. The molecule has 0 atom stereocenters. The lowest BCUT2D eigenvalue weighted by molar-refractivity contribution is 0.669. The van der Waals surface area contributed by atoms with Gasteiger partial charge in [0.05, 0.1) is 5.56 Å². The first kappa shape index (κ1) is 29.8. The van der Waals surface area contributed by atoms with Crippen LogP contribution in [-0.4, -0.2) is 54.2 Å². The molecule has 0 unspecified atom stereocenters. The summed E-state index contributed by atoms with van der Waals surface area (Å²) in [6.45, 7) is 0. The Morgan fingerprint density at radius 1 is 0.396 bits per heavy atom. The number of para-hydroxylation sites is 1. The maximum Gasteiger partial charge on any atom is 0.167 e. The fraction of sp³-hybridized carbons (Fsp3) is 0. The predicted octanol–water partition coefficient (Wildman–Crippen LogP) is 1.40. The molecule has 0 aliphatic rings. The molecule has 4 nitrogen and oxygen atoms in total. The Balaban J connectivity index is 1.28. The lowest BCUT2D eigenvalue weighted by atomic mass is 9.59. The van der Waals surface area contributed by atoms with Crippen molar-refractivity contribution in [1.29, 1.82) is 0 Å². The molecule has 0 radical (unpaired) electrons. The number of nitrogens with zero attached hydrogens (tertiary/aromatic N) is 3. The molecule has 48 heavy (non-hydrogen) atoms. The molecule has 0 spiro atoms. The topological polar surface area (TPSA) is 51.8 Å². The summed E-state index contributed by atoms with van der Waals surface area (Å²) in [5.41, 5.74) is 16.0. The molecule has 9 heteroatoms. The SMILES string of the molecule is Bc1c(B)c(B)c(-c2ccc(-c3cccc4oc5c(-c6nc(-c7ccccc7)nc(-c7ccccc7)n6)cccc5c34)cc2)c(B)c1B. The van der Waals surface area contributed by atoms with Gasteiger partial charge in [0.25, 0.3) is 0 Å². The van der Waals surface area contributed by atoms with E-state index in [1.54, 1.807) is 0 Å². The number of rotatable bonds is 5. The zero-order valence-electron chi connectivity index (χ0n) is 27.8. The van der Waals surface area contributed by atoms with Crippen LogP contribution in [0.5, 0.6) is 0 Å². The summed E-state index contributed by atoms with van der Waals surface area (Å²) in [6.07, 6.45) is 0. The van der Waals surface area contributed by atoms with Crippen LogP contribution in [0.4, 0.5) is 0 Å². The number of hydrogen-bond acceptors (Lipinski definition) is 4. The van der Waals surface area contributed by atoms with Crippen LogP contribution in [-0.2, 0) is 0 Å². The van der Waals surface area contributed by atoms with Crippen molar-refractivity contribution in [2.24, 2.45) is 0 Å². The molecule has 0 fully saturated rings. The van der Waals surface area contributed by atoms with Crippen LogP contribution in [0, 0.1) is 0 Å². The van der Waals surface area contributed by atoms with Gasteiger partial charge in [-0.15, -0.1) is 16.4 Å². The largest absolute Gasteiger partial charge is 0.455 e. The Kier molecular flexibility index (Phi) is 7.41. The van der Waals surface area contributed by atoms with Crippen molar-refractivity contribution in [3.63, 3.8) is 0 Å². The van der Waals surface area contributed by atoms with Gasteiger partial charge in [0.1, 0.15) is 50.4 Å². The van der Waals surface area contributed by atoms with E-state index in [4.69, 9.17) is 19.4 Å². The van der Waals surface area contributed by atoms with Crippen LogP contribution in [0.25, 0.3) is 78.4 Å². The van der Waals surface area contributed by atoms with E-state index in [2.05, 4.69) is 87.8 Å². The molecular formula is C39H30B5N3O. The average Bonchev–Trinajstić information content (AvgIpc) is 3.53. The van der Waals surface area contributed by atoms with Gasteiger partial charge in [-0.3, -0.25) is 0 Å². The van der Waals surface area contributed by atoms with Crippen LogP contribution in [0.15, 0.2) is 126 Å². The third kappa shape index (κ3) is 4.98. The zero-order valence-corrected chi connectivity index (χ0v) is 27.8. The number of hydrogen-bond donors (Lipinski definition) is 0. The molecule has 6 aromatic carbocycles. The summed E-state index contributed by atoms with van der Waals surface area (Å²) >= 11 is 0. The normalized spacial score (nSPS) is 11.3. The highest BCUT2D eigenvalue weighted by molar-refractivity contribution is 6.68. The van der Waals surface area contributed by atoms with Gasteiger partial charge in [0, 0.05) is 21.9 Å². The second-order valence-corrected chi connectivity index (χ2v) is 12.6. The first-order chi connectivity index (χ1) is 23.4. The summed E-state index contributed by atoms with van der Waals surface area (Å²) in [6, 6.07) is 41.6. The van der Waals surface area contributed by atoms with E-state index in [1.807, 2.05) is 72.8 Å². The molecule has 0 saturated carbocycles. The van der Waals surface area contributed by atoms with Gasteiger partial charge in [0.15, 0.2) is 17.5 Å². The minimum absolute atomic E-state index is 0.577. The number of fused-ring (bicyclic) bond motifs is 3. The molecule has 8 rings (SSSR count). The Morgan fingerprint density at radius 2 is 0.896 bits per heavy atom. The summed E-state index contributed by atoms with van der Waals surface area (Å²) in [5.74, 6) is 1.82. The molecule has 0 amide bonds. The maximum atomic E-state index is 6.65. The van der Waals surface area contributed by atoms with Crippen LogP contribution in [0.3, 0.4) is 0 Å². The summed E-state index contributed by atoms with van der Waals surface area (Å²) < 4.78 is 6.65. The number of aromatic nitrogens is 3. The highest BCUT2D eigenvalue weighted by atomic mass is 16.3. The van der Waals surface area contributed by atoms with Crippen LogP contribution >= 0.6 is 0 Å². The van der Waals surface area contributed by atoms with E-state index < -0.39 is 0 Å². The third-order valence-electron chi connectivity index (χ3n) is 9.95. The monoisotopic (exact) mass is 611 g/mol. The van der Waals surface area contributed by atoms with Gasteiger partial charge in [-0.25, -0.2) is 15.0 Å². The van der Waals surface area contributed by atoms with Gasteiger partial charge in [-0.1, -0.05) is 120 Å². The zero-order chi connectivity index (χ0) is 32.9. The van der Waals surface area contributed by atoms with Crippen molar-refractivity contribution < 1.29 is 4.42 Å². The number of furan rings is 1. The molecule has 0 saturated heterocycles. The van der Waals surface area contributed by atoms with Crippen molar-refractivity contribution in [3.8, 4) is 56.4 Å². The second kappa shape index (κ2) is 11.9. The molecule has 0 aliphatic heterocycles. The first-order valence-electron chi connectivity index (χ1n) is 16.4. The summed E-state index contributed by atoms with van der Waals surface area (Å²) in [7, 11) is 11.2. The fourth-order valence-electron chi connectivity index (χ4n) is 6.94. The van der Waals surface area contributed by atoms with Gasteiger partial charge in [-0.05, 0) is 34.4 Å². The van der Waals surface area contributed by atoms with E-state index in [1.165, 1.54) is 38.4 Å². The second-order valence-electron chi connectivity index (χ2n) is 12.6. The van der Waals surface area contributed by atoms with Crippen molar-refractivity contribution >= 4 is 88.5 Å². The smallest absolute Gasteiger partial charge is 0.167 e. The molecular weight excluding hydrogens is 581 g/mol. The van der Waals surface area contributed by atoms with Gasteiger partial charge >= 0.3 is 0 Å². The highest BCUT2D eigenvalue weighted by Crippen LogP contribution is 2.40. The average molecular weight is 611 g/mol. The van der Waals surface area contributed by atoms with Crippen molar-refractivity contribution in [2.75, 3.05) is 0 Å². The van der Waals surface area contributed by atoms with Crippen LogP contribution in [0.1, 0.15) is 0 Å². The minimum atomic E-state index is 0.577. The van der Waals surface area contributed by atoms with Crippen LogP contribution in [0.2, 0.25) is 0 Å². The predicted molar refractivity (Wildman–Crippen MR) is 215 cm³/mol. The Hall–Kier alpha value is -5.55. The van der Waals surface area contributed by atoms with Crippen molar-refractivity contribution in [3.05, 3.63) is 121 Å². The Bertz CT molecular complexity index is 2410. The van der Waals surface area contributed by atoms with E-state index in [0.717, 1.165) is 49.8 Å². The molecule has 8 aromatic rings. The first-order valence-corrected chi connectivity index (χ1v) is 16.4. The number of benzene rings is 6. The molecule has 0 N–H and O–H groups in total. The molecule has 2 aromatic heterocycles. The maximum absolute atomic E-state index is 6.65. The third-order valence-corrected chi connectivity index (χ3v) is 9.95. The van der Waals surface area contributed by atoms with E-state index in [-0.39, 0.29) is 0 Å². The molecule has 0 aliphatic carbocycles. The lowest BCUT2D eigenvalue weighted by Gasteiger charge is -2.20. The van der Waals surface area contributed by atoms with Gasteiger partial charge in [0.2, 0.25) is 0 Å². The summed E-state index contributed by atoms with van der Waals surface area (Å²) in [4.78, 5) is 14.9. The van der Waals surface area contributed by atoms with Crippen molar-refractivity contribution in [1.82, 2.24) is 15.0 Å². The summed E-state index contributed by atoms with van der Waals surface area (Å²) in [5, 5.41) is 2.11. The quantitative estimate of drug-likeness (QED) is 0.277. The van der Waals surface area contributed by atoms with Crippen LogP contribution < -0.4 is 27.3 Å². The lowest BCUT2D eigenvalue weighted by Crippen LogP contribution is -2.55. The Labute approximate surface area is 284 Å². The molecule has 222 valence electrons. The van der Waals surface area contributed by atoms with Gasteiger partial charge < -0.3 is 4.42 Å². The van der Waals surface area contributed by atoms with E-state index in [0.29, 0.717) is 17.5 Å². The molecule has 2 heterocycles. The molecule has 0 bridgehead atoms.